The van der Waals surface area contributed by atoms with Crippen LogP contribution >= 0.6 is 0 Å². The molecule has 0 aromatic carbocycles. The number of ether oxygens (including phenoxy) is 3. The third-order valence-corrected chi connectivity index (χ3v) is 9.37. The quantitative estimate of drug-likeness (QED) is 0.288. The van der Waals surface area contributed by atoms with E-state index in [9.17, 15) is 4.79 Å². The predicted molar refractivity (Wildman–Crippen MR) is 92.5 cm³/mol. The van der Waals surface area contributed by atoms with E-state index in [1.807, 2.05) is 6.92 Å². The van der Waals surface area contributed by atoms with E-state index in [1.165, 1.54) is 0 Å². The standard InChI is InChI=1S/C17H32O5Si/c1-13-14(20-12-19-6)17(5,22-15(13)18)10-9-11-21-23(7,8)16(2,3)4/h9-12H2,1-8H3/t17-/m0/s1. The molecule has 1 aliphatic heterocycles. The number of carbonyl (C=O) groups is 1. The first-order valence-electron chi connectivity index (χ1n) is 8.15. The van der Waals surface area contributed by atoms with E-state index >= 15 is 0 Å². The van der Waals surface area contributed by atoms with E-state index in [0.717, 1.165) is 6.42 Å². The average Bonchev–Trinajstić information content (AvgIpc) is 2.62. The molecule has 0 bridgehead atoms. The summed E-state index contributed by atoms with van der Waals surface area (Å²) in [6.45, 7) is 15.5. The molecule has 6 heteroatoms. The summed E-state index contributed by atoms with van der Waals surface area (Å²) in [6, 6.07) is 0. The first kappa shape index (κ1) is 20.2. The second kappa shape index (κ2) is 7.36. The van der Waals surface area contributed by atoms with Gasteiger partial charge in [-0.1, -0.05) is 20.8 Å². The fourth-order valence-electron chi connectivity index (χ4n) is 2.31. The third kappa shape index (κ3) is 4.81. The third-order valence-electron chi connectivity index (χ3n) is 4.83. The van der Waals surface area contributed by atoms with Crippen molar-refractivity contribution < 1.29 is 23.4 Å². The van der Waals surface area contributed by atoms with E-state index in [0.29, 0.717) is 24.4 Å². The van der Waals surface area contributed by atoms with Gasteiger partial charge in [0.1, 0.15) is 0 Å². The lowest BCUT2D eigenvalue weighted by Crippen LogP contribution is -2.41. The van der Waals surface area contributed by atoms with Gasteiger partial charge >= 0.3 is 5.97 Å². The van der Waals surface area contributed by atoms with Crippen molar-refractivity contribution >= 4 is 14.3 Å². The van der Waals surface area contributed by atoms with Gasteiger partial charge in [-0.3, -0.25) is 0 Å². The van der Waals surface area contributed by atoms with E-state index in [1.54, 1.807) is 14.0 Å². The first-order valence-corrected chi connectivity index (χ1v) is 11.1. The van der Waals surface area contributed by atoms with Crippen molar-refractivity contribution in [3.8, 4) is 0 Å². The van der Waals surface area contributed by atoms with Crippen LogP contribution in [0.4, 0.5) is 0 Å². The first-order chi connectivity index (χ1) is 10.4. The Bertz CT molecular complexity index is 464. The molecular formula is C17H32O5Si. The minimum absolute atomic E-state index is 0.110. The van der Waals surface area contributed by atoms with Gasteiger partial charge in [0.15, 0.2) is 26.5 Å². The monoisotopic (exact) mass is 344 g/mol. The van der Waals surface area contributed by atoms with Crippen LogP contribution in [-0.2, 0) is 23.4 Å². The summed E-state index contributed by atoms with van der Waals surface area (Å²) in [5, 5.41) is 0.194. The van der Waals surface area contributed by atoms with Gasteiger partial charge in [0.25, 0.3) is 0 Å². The van der Waals surface area contributed by atoms with E-state index in [2.05, 4.69) is 33.9 Å². The van der Waals surface area contributed by atoms with Crippen LogP contribution in [-0.4, -0.2) is 40.4 Å². The molecule has 0 aromatic rings. The van der Waals surface area contributed by atoms with Gasteiger partial charge in [-0.05, 0) is 44.8 Å². The van der Waals surface area contributed by atoms with Crippen LogP contribution in [0.25, 0.3) is 0 Å². The highest BCUT2D eigenvalue weighted by atomic mass is 28.4. The van der Waals surface area contributed by atoms with Crippen molar-refractivity contribution in [2.45, 2.75) is 71.2 Å². The van der Waals surface area contributed by atoms with Gasteiger partial charge in [-0.2, -0.15) is 0 Å². The minimum Gasteiger partial charge on any atom is -0.467 e. The topological polar surface area (TPSA) is 54.0 Å². The minimum atomic E-state index is -1.74. The number of esters is 1. The summed E-state index contributed by atoms with van der Waals surface area (Å²) in [5.41, 5.74) is -0.203. The molecule has 0 unspecified atom stereocenters. The lowest BCUT2D eigenvalue weighted by molar-refractivity contribution is -0.149. The Kier molecular flexibility index (Phi) is 6.46. The molecule has 0 amide bonds. The van der Waals surface area contributed by atoms with Crippen LogP contribution in [0, 0.1) is 0 Å². The van der Waals surface area contributed by atoms with E-state index < -0.39 is 13.9 Å². The van der Waals surface area contributed by atoms with E-state index in [4.69, 9.17) is 18.6 Å². The molecular weight excluding hydrogens is 312 g/mol. The summed E-state index contributed by atoms with van der Waals surface area (Å²) in [6.07, 6.45) is 1.48. The molecule has 0 fully saturated rings. The number of hydrogen-bond acceptors (Lipinski definition) is 5. The molecule has 1 rings (SSSR count). The van der Waals surface area contributed by atoms with E-state index in [-0.39, 0.29) is 17.8 Å². The van der Waals surface area contributed by atoms with Gasteiger partial charge in [-0.25, -0.2) is 4.79 Å². The zero-order chi connectivity index (χ0) is 17.9. The summed E-state index contributed by atoms with van der Waals surface area (Å²) in [7, 11) is -0.189. The number of hydrogen-bond donors (Lipinski definition) is 0. The van der Waals surface area contributed by atoms with Crippen molar-refractivity contribution in [3.05, 3.63) is 11.3 Å². The Balaban J connectivity index is 2.61. The molecule has 5 nitrogen and oxygen atoms in total. The van der Waals surface area contributed by atoms with Gasteiger partial charge in [0.2, 0.25) is 0 Å². The average molecular weight is 345 g/mol. The molecule has 0 N–H and O–H groups in total. The molecule has 134 valence electrons. The number of methoxy groups -OCH3 is 1. The zero-order valence-electron chi connectivity index (χ0n) is 15.9. The zero-order valence-corrected chi connectivity index (χ0v) is 16.9. The normalized spacial score (nSPS) is 22.5. The van der Waals surface area contributed by atoms with Crippen molar-refractivity contribution in [2.24, 2.45) is 0 Å². The highest BCUT2D eigenvalue weighted by Gasteiger charge is 2.44. The molecule has 1 atom stereocenters. The van der Waals surface area contributed by atoms with Gasteiger partial charge in [0.05, 0.1) is 5.57 Å². The largest absolute Gasteiger partial charge is 0.467 e. The summed E-state index contributed by atoms with van der Waals surface area (Å²) in [4.78, 5) is 11.9. The second-order valence-electron chi connectivity index (χ2n) is 7.84. The molecule has 0 spiro atoms. The van der Waals surface area contributed by atoms with Crippen molar-refractivity contribution in [3.63, 3.8) is 0 Å². The molecule has 0 aliphatic carbocycles. The SMILES string of the molecule is COCOC1=C(C)C(=O)O[C@@]1(C)CCCO[Si](C)(C)C(C)(C)C. The summed E-state index contributed by atoms with van der Waals surface area (Å²) < 4.78 is 22.2. The maximum atomic E-state index is 11.9. The maximum Gasteiger partial charge on any atom is 0.338 e. The van der Waals surface area contributed by atoms with Crippen molar-refractivity contribution in [2.75, 3.05) is 20.5 Å². The molecule has 1 aliphatic rings. The van der Waals surface area contributed by atoms with Crippen LogP contribution in [0.3, 0.4) is 0 Å². The van der Waals surface area contributed by atoms with Gasteiger partial charge < -0.3 is 18.6 Å². The number of carbonyl (C=O) groups excluding carboxylic acids is 1. The maximum absolute atomic E-state index is 11.9. The van der Waals surface area contributed by atoms with Crippen LogP contribution in [0.2, 0.25) is 18.1 Å². The Morgan fingerprint density at radius 3 is 2.39 bits per heavy atom. The summed E-state index contributed by atoms with van der Waals surface area (Å²) in [5.74, 6) is 0.264. The summed E-state index contributed by atoms with van der Waals surface area (Å²) >= 11 is 0. The Labute approximate surface area is 141 Å². The molecule has 0 aromatic heterocycles. The molecule has 0 radical (unpaired) electrons. The highest BCUT2D eigenvalue weighted by Crippen LogP contribution is 2.39. The predicted octanol–water partition coefficient (Wildman–Crippen LogP) is 4.00. The van der Waals surface area contributed by atoms with Crippen molar-refractivity contribution in [1.29, 1.82) is 0 Å². The van der Waals surface area contributed by atoms with Gasteiger partial charge in [0, 0.05) is 13.7 Å². The smallest absolute Gasteiger partial charge is 0.338 e. The van der Waals surface area contributed by atoms with Crippen LogP contribution in [0.15, 0.2) is 11.3 Å². The van der Waals surface area contributed by atoms with Crippen molar-refractivity contribution in [1.82, 2.24) is 0 Å². The Morgan fingerprint density at radius 2 is 1.87 bits per heavy atom. The fourth-order valence-corrected chi connectivity index (χ4v) is 3.40. The lowest BCUT2D eigenvalue weighted by Gasteiger charge is -2.36. The van der Waals surface area contributed by atoms with Crippen LogP contribution in [0.1, 0.15) is 47.5 Å². The molecule has 23 heavy (non-hydrogen) atoms. The number of cyclic esters (lactones) is 1. The Hall–Kier alpha value is -0.853. The number of rotatable bonds is 8. The van der Waals surface area contributed by atoms with Gasteiger partial charge in [-0.15, -0.1) is 0 Å². The molecule has 0 saturated heterocycles. The molecule has 1 heterocycles. The second-order valence-corrected chi connectivity index (χ2v) is 12.6. The highest BCUT2D eigenvalue weighted by molar-refractivity contribution is 6.74. The Morgan fingerprint density at radius 1 is 1.26 bits per heavy atom. The molecule has 0 saturated carbocycles. The van der Waals surface area contributed by atoms with Crippen LogP contribution < -0.4 is 0 Å². The lowest BCUT2D eigenvalue weighted by atomic mass is 9.97. The van der Waals surface area contributed by atoms with Crippen LogP contribution in [0.5, 0.6) is 0 Å². The fraction of sp³-hybridized carbons (Fsp3) is 0.824.